The van der Waals surface area contributed by atoms with Crippen molar-refractivity contribution in [1.82, 2.24) is 15.0 Å². The van der Waals surface area contributed by atoms with Crippen LogP contribution in [0.4, 0.5) is 15.9 Å². The van der Waals surface area contributed by atoms with E-state index in [9.17, 15) is 4.39 Å². The molecule has 0 spiro atoms. The second-order valence-corrected chi connectivity index (χ2v) is 8.89. The SMILES string of the molecule is Cc1nc(N[C@@H](C)c2cccc(-c3cnc(Cl)c(N)c3)c2)cc(-c2cc(F)c3occ(C)c3c2)n1. The molecule has 0 aliphatic carbocycles. The number of nitrogens with two attached hydrogens (primary N) is 1. The van der Waals surface area contributed by atoms with Gasteiger partial charge in [0.2, 0.25) is 0 Å². The molecule has 0 bridgehead atoms. The maximum atomic E-state index is 14.6. The van der Waals surface area contributed by atoms with Gasteiger partial charge in [-0.1, -0.05) is 29.8 Å². The molecule has 0 aliphatic rings. The number of furan rings is 1. The normalized spacial score (nSPS) is 12.1. The maximum Gasteiger partial charge on any atom is 0.169 e. The van der Waals surface area contributed by atoms with Crippen LogP contribution in [0.25, 0.3) is 33.4 Å². The van der Waals surface area contributed by atoms with E-state index in [0.29, 0.717) is 28.6 Å². The molecule has 0 saturated heterocycles. The molecular weight excluding hydrogens is 465 g/mol. The van der Waals surface area contributed by atoms with Gasteiger partial charge in [-0.15, -0.1) is 0 Å². The van der Waals surface area contributed by atoms with Gasteiger partial charge >= 0.3 is 0 Å². The van der Waals surface area contributed by atoms with Crippen LogP contribution in [0.15, 0.2) is 65.4 Å². The molecule has 0 fully saturated rings. The summed E-state index contributed by atoms with van der Waals surface area (Å²) in [5, 5.41) is 4.46. The van der Waals surface area contributed by atoms with Gasteiger partial charge in [-0.3, -0.25) is 0 Å². The summed E-state index contributed by atoms with van der Waals surface area (Å²) in [5.41, 5.74) is 11.7. The summed E-state index contributed by atoms with van der Waals surface area (Å²) < 4.78 is 20.0. The van der Waals surface area contributed by atoms with Crippen molar-refractivity contribution in [3.05, 3.63) is 88.9 Å². The lowest BCUT2D eigenvalue weighted by molar-refractivity contribution is 0.559. The zero-order valence-electron chi connectivity index (χ0n) is 19.4. The predicted molar refractivity (Wildman–Crippen MR) is 138 cm³/mol. The first-order valence-corrected chi connectivity index (χ1v) is 11.5. The van der Waals surface area contributed by atoms with E-state index in [4.69, 9.17) is 21.8 Å². The van der Waals surface area contributed by atoms with Crippen molar-refractivity contribution in [3.63, 3.8) is 0 Å². The van der Waals surface area contributed by atoms with E-state index < -0.39 is 5.82 Å². The van der Waals surface area contributed by atoms with Crippen molar-refractivity contribution in [2.75, 3.05) is 11.1 Å². The Morgan fingerprint density at radius 1 is 1.03 bits per heavy atom. The number of nitrogens with zero attached hydrogens (tertiary/aromatic N) is 3. The minimum absolute atomic E-state index is 0.0648. The zero-order chi connectivity index (χ0) is 24.7. The molecule has 8 heteroatoms. The number of halogens is 2. The molecule has 6 nitrogen and oxygen atoms in total. The summed E-state index contributed by atoms with van der Waals surface area (Å²) in [6, 6.07) is 15.0. The average molecular weight is 488 g/mol. The van der Waals surface area contributed by atoms with Gasteiger partial charge < -0.3 is 15.5 Å². The number of hydrogen-bond donors (Lipinski definition) is 2. The van der Waals surface area contributed by atoms with Gasteiger partial charge in [0.15, 0.2) is 16.6 Å². The standard InChI is InChI=1S/C27H23ClFN5O/c1-14-13-35-26-21(14)8-19(9-22(26)29)24-11-25(34-16(3)33-24)32-15(2)17-5-4-6-18(7-17)20-10-23(30)27(28)31-12-20/h4-13,15H,30H2,1-3H3,(H,32,33,34)/t15-/m0/s1. The van der Waals surface area contributed by atoms with Crippen LogP contribution in [-0.2, 0) is 0 Å². The third kappa shape index (κ3) is 4.55. The van der Waals surface area contributed by atoms with Crippen LogP contribution in [0.2, 0.25) is 5.15 Å². The minimum atomic E-state index is -0.418. The van der Waals surface area contributed by atoms with E-state index in [1.54, 1.807) is 12.5 Å². The van der Waals surface area contributed by atoms with Crippen molar-refractivity contribution in [3.8, 4) is 22.4 Å². The van der Waals surface area contributed by atoms with E-state index in [0.717, 1.165) is 27.6 Å². The minimum Gasteiger partial charge on any atom is -0.461 e. The molecule has 2 aromatic carbocycles. The Balaban J connectivity index is 1.44. The smallest absolute Gasteiger partial charge is 0.169 e. The second-order valence-electron chi connectivity index (χ2n) is 8.53. The number of benzene rings is 2. The van der Waals surface area contributed by atoms with Gasteiger partial charge in [0.05, 0.1) is 17.6 Å². The van der Waals surface area contributed by atoms with Crippen molar-refractivity contribution < 1.29 is 8.81 Å². The van der Waals surface area contributed by atoms with Crippen LogP contribution in [0.5, 0.6) is 0 Å². The van der Waals surface area contributed by atoms with E-state index in [2.05, 4.69) is 26.3 Å². The highest BCUT2D eigenvalue weighted by Gasteiger charge is 2.14. The van der Waals surface area contributed by atoms with Gasteiger partial charge in [0.1, 0.15) is 11.6 Å². The molecule has 0 saturated carbocycles. The third-order valence-corrected chi connectivity index (χ3v) is 6.22. The molecule has 3 N–H and O–H groups in total. The Labute approximate surface area is 207 Å². The monoisotopic (exact) mass is 487 g/mol. The van der Waals surface area contributed by atoms with Crippen molar-refractivity contribution >= 4 is 34.1 Å². The van der Waals surface area contributed by atoms with Crippen LogP contribution in [0, 0.1) is 19.7 Å². The summed E-state index contributed by atoms with van der Waals surface area (Å²) >= 11 is 5.97. The zero-order valence-corrected chi connectivity index (χ0v) is 20.2. The molecule has 0 radical (unpaired) electrons. The first-order valence-electron chi connectivity index (χ1n) is 11.1. The molecule has 35 heavy (non-hydrogen) atoms. The lowest BCUT2D eigenvalue weighted by Crippen LogP contribution is -2.09. The summed E-state index contributed by atoms with van der Waals surface area (Å²) in [4.78, 5) is 13.2. The number of rotatable bonds is 5. The maximum absolute atomic E-state index is 14.6. The lowest BCUT2D eigenvalue weighted by Gasteiger charge is -2.17. The van der Waals surface area contributed by atoms with Crippen molar-refractivity contribution in [2.45, 2.75) is 26.8 Å². The number of nitrogens with one attached hydrogen (secondary N) is 1. The molecular formula is C27H23ClFN5O. The van der Waals surface area contributed by atoms with E-state index in [-0.39, 0.29) is 16.8 Å². The molecule has 3 heterocycles. The van der Waals surface area contributed by atoms with Gasteiger partial charge in [-0.25, -0.2) is 19.3 Å². The summed E-state index contributed by atoms with van der Waals surface area (Å²) in [7, 11) is 0. The fraction of sp³-hybridized carbons (Fsp3) is 0.148. The molecule has 1 atom stereocenters. The van der Waals surface area contributed by atoms with Gasteiger partial charge in [0.25, 0.3) is 0 Å². The van der Waals surface area contributed by atoms with E-state index in [1.165, 1.54) is 6.07 Å². The first-order chi connectivity index (χ1) is 16.8. The van der Waals surface area contributed by atoms with Crippen LogP contribution < -0.4 is 11.1 Å². The Bertz CT molecular complexity index is 1570. The molecule has 5 rings (SSSR count). The highest BCUT2D eigenvalue weighted by Crippen LogP contribution is 2.31. The van der Waals surface area contributed by atoms with Gasteiger partial charge in [-0.05, 0) is 61.7 Å². The Morgan fingerprint density at radius 3 is 2.66 bits per heavy atom. The van der Waals surface area contributed by atoms with E-state index >= 15 is 0 Å². The van der Waals surface area contributed by atoms with Gasteiger partial charge in [-0.2, -0.15) is 0 Å². The van der Waals surface area contributed by atoms with Crippen molar-refractivity contribution in [2.24, 2.45) is 0 Å². The molecule has 3 aromatic heterocycles. The number of anilines is 2. The van der Waals surface area contributed by atoms with Crippen molar-refractivity contribution in [1.29, 1.82) is 0 Å². The number of nitrogen functional groups attached to an aromatic ring is 1. The molecule has 0 amide bonds. The highest BCUT2D eigenvalue weighted by atomic mass is 35.5. The number of aryl methyl sites for hydroxylation is 2. The fourth-order valence-corrected chi connectivity index (χ4v) is 4.17. The second kappa shape index (κ2) is 9.00. The lowest BCUT2D eigenvalue weighted by atomic mass is 10.0. The Kier molecular flexibility index (Phi) is 5.86. The highest BCUT2D eigenvalue weighted by molar-refractivity contribution is 6.31. The topological polar surface area (TPSA) is 89.9 Å². The Morgan fingerprint density at radius 2 is 1.86 bits per heavy atom. The molecule has 176 valence electrons. The molecule has 0 aliphatic heterocycles. The van der Waals surface area contributed by atoms with Gasteiger partial charge in [0, 0.05) is 34.8 Å². The molecule has 0 unspecified atom stereocenters. The largest absolute Gasteiger partial charge is 0.461 e. The predicted octanol–water partition coefficient (Wildman–Crippen LogP) is 7.12. The third-order valence-electron chi connectivity index (χ3n) is 5.91. The number of fused-ring (bicyclic) bond motifs is 1. The number of hydrogen-bond acceptors (Lipinski definition) is 6. The van der Waals surface area contributed by atoms with Crippen LogP contribution in [0.3, 0.4) is 0 Å². The van der Waals surface area contributed by atoms with Crippen LogP contribution >= 0.6 is 11.6 Å². The quantitative estimate of drug-likeness (QED) is 0.256. The number of aromatic nitrogens is 3. The molecule has 5 aromatic rings. The summed E-state index contributed by atoms with van der Waals surface area (Å²) in [6.45, 7) is 5.75. The summed E-state index contributed by atoms with van der Waals surface area (Å²) in [6.07, 6.45) is 3.26. The average Bonchev–Trinajstić information content (AvgIpc) is 3.21. The fourth-order valence-electron chi connectivity index (χ4n) is 4.07. The Hall–Kier alpha value is -3.97. The number of pyridine rings is 1. The summed E-state index contributed by atoms with van der Waals surface area (Å²) in [5.74, 6) is 0.809. The van der Waals surface area contributed by atoms with Crippen LogP contribution in [-0.4, -0.2) is 15.0 Å². The first kappa shape index (κ1) is 22.8. The van der Waals surface area contributed by atoms with E-state index in [1.807, 2.05) is 57.2 Å². The van der Waals surface area contributed by atoms with Crippen LogP contribution in [0.1, 0.15) is 29.9 Å².